The van der Waals surface area contributed by atoms with E-state index >= 15 is 0 Å². The van der Waals surface area contributed by atoms with E-state index in [1.54, 1.807) is 38.2 Å². The Hall–Kier alpha value is -4.05. The Kier molecular flexibility index (Phi) is 6.33. The highest BCUT2D eigenvalue weighted by molar-refractivity contribution is 6.32. The third-order valence-electron chi connectivity index (χ3n) is 8.56. The zero-order valence-electron chi connectivity index (χ0n) is 21.4. The van der Waals surface area contributed by atoms with Gasteiger partial charge in [-0.2, -0.15) is 0 Å². The Morgan fingerprint density at radius 1 is 1.10 bits per heavy atom. The summed E-state index contributed by atoms with van der Waals surface area (Å²) in [5.74, 6) is -12.8. The highest BCUT2D eigenvalue weighted by atomic mass is 16.3. The second-order valence-electron chi connectivity index (χ2n) is 11.1. The molecule has 10 nitrogen and oxygen atoms in total. The van der Waals surface area contributed by atoms with Gasteiger partial charge in [0.2, 0.25) is 5.91 Å². The van der Waals surface area contributed by atoms with Crippen molar-refractivity contribution in [1.29, 1.82) is 0 Å². The molecule has 2 unspecified atom stereocenters. The molecule has 3 aliphatic rings. The van der Waals surface area contributed by atoms with Crippen LogP contribution in [0.5, 0.6) is 5.75 Å². The number of carbonyl (C=O) groups excluding carboxylic acids is 6. The number of carbonyl (C=O) groups is 6. The van der Waals surface area contributed by atoms with E-state index < -0.39 is 75.9 Å². The molecule has 0 saturated heterocycles. The molecule has 0 spiro atoms. The number of fused-ring (bicyclic) bond motifs is 3. The van der Waals surface area contributed by atoms with Crippen molar-refractivity contribution in [3.05, 3.63) is 58.9 Å². The number of aromatic nitrogens is 1. The van der Waals surface area contributed by atoms with Gasteiger partial charge < -0.3 is 15.9 Å². The maximum absolute atomic E-state index is 13.8. The Balaban J connectivity index is 1.59. The molecule has 4 N–H and O–H groups in total. The summed E-state index contributed by atoms with van der Waals surface area (Å²) in [4.78, 5) is 83.6. The summed E-state index contributed by atoms with van der Waals surface area (Å²) < 4.78 is 0. The van der Waals surface area contributed by atoms with E-state index in [1.165, 1.54) is 12.1 Å². The molecular weight excluding hydrogens is 504 g/mol. The number of aliphatic hydroxyl groups is 1. The van der Waals surface area contributed by atoms with Crippen LogP contribution in [0.3, 0.4) is 0 Å². The first-order valence-corrected chi connectivity index (χ1v) is 12.9. The fourth-order valence-electron chi connectivity index (χ4n) is 6.88. The molecule has 6 atom stereocenters. The number of phenolic OH excluding ortho intramolecular Hbond substituents is 1. The van der Waals surface area contributed by atoms with Crippen molar-refractivity contribution in [1.82, 2.24) is 4.98 Å². The van der Waals surface area contributed by atoms with Gasteiger partial charge in [0.25, 0.3) is 0 Å². The number of ketones is 5. The molecular formula is C29H28N2O8. The maximum atomic E-state index is 13.8. The lowest BCUT2D eigenvalue weighted by Gasteiger charge is -2.52. The number of amides is 1. The number of nitrogens with zero attached hydrogens (tertiary/aromatic N) is 1. The van der Waals surface area contributed by atoms with Crippen LogP contribution in [0.4, 0.5) is 0 Å². The lowest BCUT2D eigenvalue weighted by molar-refractivity contribution is -0.182. The zero-order valence-corrected chi connectivity index (χ0v) is 21.4. The quantitative estimate of drug-likeness (QED) is 0.374. The molecule has 39 heavy (non-hydrogen) atoms. The minimum Gasteiger partial charge on any atom is -0.507 e. The SMILES string of the molecule is CC(C)[C@@H]1C(=O)C(C(N)=O)C(=O)[C@@]2(O)C(=O)C3C(=O)c4c(O)ccc(C(=O)Cc5ccccn5)c4C[C@H]3C[C@@H]12. The first-order chi connectivity index (χ1) is 18.4. The van der Waals surface area contributed by atoms with Crippen LogP contribution in [-0.2, 0) is 32.0 Å². The molecule has 0 bridgehead atoms. The van der Waals surface area contributed by atoms with Gasteiger partial charge in [-0.1, -0.05) is 19.9 Å². The van der Waals surface area contributed by atoms with Crippen LogP contribution >= 0.6 is 0 Å². The van der Waals surface area contributed by atoms with Crippen molar-refractivity contribution < 1.29 is 39.0 Å². The molecule has 2 aromatic rings. The summed E-state index contributed by atoms with van der Waals surface area (Å²) in [6.07, 6.45) is 1.49. The van der Waals surface area contributed by atoms with Gasteiger partial charge in [0, 0.05) is 29.3 Å². The van der Waals surface area contributed by atoms with Gasteiger partial charge >= 0.3 is 0 Å². The van der Waals surface area contributed by atoms with Crippen molar-refractivity contribution in [3.63, 3.8) is 0 Å². The maximum Gasteiger partial charge on any atom is 0.235 e. The van der Waals surface area contributed by atoms with Crippen LogP contribution in [0.25, 0.3) is 0 Å². The van der Waals surface area contributed by atoms with E-state index in [9.17, 15) is 39.0 Å². The topological polar surface area (TPSA) is 182 Å². The number of benzene rings is 1. The normalized spacial score (nSPS) is 30.0. The Morgan fingerprint density at radius 2 is 1.82 bits per heavy atom. The summed E-state index contributed by atoms with van der Waals surface area (Å²) in [7, 11) is 0. The van der Waals surface area contributed by atoms with E-state index in [-0.39, 0.29) is 41.7 Å². The minimum absolute atomic E-state index is 0.0359. The van der Waals surface area contributed by atoms with Crippen LogP contribution in [0.2, 0.25) is 0 Å². The Labute approximate surface area is 223 Å². The first-order valence-electron chi connectivity index (χ1n) is 12.9. The minimum atomic E-state index is -2.75. The molecule has 1 heterocycles. The molecule has 1 aromatic heterocycles. The summed E-state index contributed by atoms with van der Waals surface area (Å²) in [6, 6.07) is 7.78. The average Bonchev–Trinajstić information content (AvgIpc) is 2.86. The van der Waals surface area contributed by atoms with Gasteiger partial charge in [-0.3, -0.25) is 33.8 Å². The number of primary amides is 1. The summed E-state index contributed by atoms with van der Waals surface area (Å²) in [5, 5.41) is 22.3. The highest BCUT2D eigenvalue weighted by Gasteiger charge is 2.69. The van der Waals surface area contributed by atoms with Gasteiger partial charge in [-0.15, -0.1) is 0 Å². The number of phenols is 1. The lowest BCUT2D eigenvalue weighted by Crippen LogP contribution is -2.71. The first kappa shape index (κ1) is 26.6. The number of hydrogen-bond donors (Lipinski definition) is 3. The van der Waals surface area contributed by atoms with Gasteiger partial charge in [-0.25, -0.2) is 0 Å². The average molecular weight is 533 g/mol. The number of Topliss-reactive ketones (excluding diaryl/α,β-unsaturated/α-hetero) is 5. The van der Waals surface area contributed by atoms with Crippen molar-refractivity contribution >= 4 is 34.8 Å². The predicted octanol–water partition coefficient (Wildman–Crippen LogP) is 1.03. The molecule has 1 aromatic carbocycles. The smallest absolute Gasteiger partial charge is 0.235 e. The van der Waals surface area contributed by atoms with Crippen LogP contribution in [0.1, 0.15) is 52.2 Å². The fraction of sp³-hybridized carbons (Fsp3) is 0.414. The third kappa shape index (κ3) is 3.84. The van der Waals surface area contributed by atoms with E-state index in [4.69, 9.17) is 5.73 Å². The van der Waals surface area contributed by atoms with Gasteiger partial charge in [0.1, 0.15) is 5.75 Å². The number of nitrogens with two attached hydrogens (primary N) is 1. The number of pyridine rings is 1. The second kappa shape index (κ2) is 9.30. The van der Waals surface area contributed by atoms with E-state index in [2.05, 4.69) is 4.98 Å². The van der Waals surface area contributed by atoms with Crippen LogP contribution < -0.4 is 5.73 Å². The molecule has 10 heteroatoms. The Bertz CT molecular complexity index is 1450. The van der Waals surface area contributed by atoms with E-state index in [1.807, 2.05) is 0 Å². The Morgan fingerprint density at radius 3 is 2.44 bits per heavy atom. The molecule has 3 aliphatic carbocycles. The van der Waals surface area contributed by atoms with Gasteiger partial charge in [-0.05, 0) is 54.5 Å². The number of rotatable bonds is 5. The molecule has 2 saturated carbocycles. The van der Waals surface area contributed by atoms with E-state index in [0.717, 1.165) is 0 Å². The third-order valence-corrected chi connectivity index (χ3v) is 8.56. The molecule has 202 valence electrons. The number of hydrogen-bond acceptors (Lipinski definition) is 9. The van der Waals surface area contributed by atoms with Gasteiger partial charge in [0.05, 0.1) is 17.9 Å². The largest absolute Gasteiger partial charge is 0.507 e. The van der Waals surface area contributed by atoms with Crippen LogP contribution in [0.15, 0.2) is 36.5 Å². The summed E-state index contributed by atoms with van der Waals surface area (Å²) in [6.45, 7) is 3.36. The molecule has 0 radical (unpaired) electrons. The predicted molar refractivity (Wildman–Crippen MR) is 134 cm³/mol. The van der Waals surface area contributed by atoms with Gasteiger partial charge in [0.15, 0.2) is 40.4 Å². The molecule has 0 aliphatic heterocycles. The molecule has 2 fully saturated rings. The van der Waals surface area contributed by atoms with Crippen molar-refractivity contribution in [2.75, 3.05) is 0 Å². The fourth-order valence-corrected chi connectivity index (χ4v) is 6.88. The second-order valence-corrected chi connectivity index (χ2v) is 11.1. The van der Waals surface area contributed by atoms with Crippen molar-refractivity contribution in [3.8, 4) is 5.75 Å². The standard InChI is InChI=1S/C29H28N2O8/c1-12(2)20-17-10-13-9-16-15(19(33)11-14-5-3-4-8-31-14)6-7-18(32)22(16)25(35)21(13)26(36)29(17,39)27(37)23(24(20)34)28(30)38/h3-8,12-13,17,20-21,23,32,39H,9-11H2,1-2H3,(H2,30,38)/t13-,17-,20-,21?,23?,29-/m0/s1. The van der Waals surface area contributed by atoms with E-state index in [0.29, 0.717) is 5.69 Å². The summed E-state index contributed by atoms with van der Waals surface area (Å²) >= 11 is 0. The zero-order chi connectivity index (χ0) is 28.4. The molecule has 5 rings (SSSR count). The van der Waals surface area contributed by atoms with Crippen molar-refractivity contribution in [2.24, 2.45) is 41.2 Å². The molecule has 1 amide bonds. The van der Waals surface area contributed by atoms with Crippen LogP contribution in [0, 0.1) is 35.5 Å². The van der Waals surface area contributed by atoms with Crippen LogP contribution in [-0.4, -0.2) is 55.6 Å². The lowest BCUT2D eigenvalue weighted by atomic mass is 9.49. The highest BCUT2D eigenvalue weighted by Crippen LogP contribution is 2.53. The monoisotopic (exact) mass is 532 g/mol. The van der Waals surface area contributed by atoms with Crippen molar-refractivity contribution in [2.45, 2.75) is 38.7 Å². The number of aromatic hydroxyl groups is 1. The summed E-state index contributed by atoms with van der Waals surface area (Å²) in [5.41, 5.74) is 3.39.